The van der Waals surface area contributed by atoms with Gasteiger partial charge in [-0.25, -0.2) is 4.98 Å². The van der Waals surface area contributed by atoms with Crippen LogP contribution in [0.15, 0.2) is 61.1 Å². The van der Waals surface area contributed by atoms with E-state index < -0.39 is 5.60 Å². The number of pyridine rings is 2. The number of anilines is 1. The minimum absolute atomic E-state index is 0.275. The molecule has 0 saturated carbocycles. The number of carbonyl (C=O) groups is 1. The average Bonchev–Trinajstić information content (AvgIpc) is 3.09. The first-order valence-corrected chi connectivity index (χ1v) is 9.79. The first kappa shape index (κ1) is 20.5. The number of fused-ring (bicyclic) bond motifs is 1. The Morgan fingerprint density at radius 3 is 2.77 bits per heavy atom. The van der Waals surface area contributed by atoms with Crippen molar-refractivity contribution >= 4 is 22.9 Å². The van der Waals surface area contributed by atoms with Crippen LogP contribution in [-0.4, -0.2) is 43.2 Å². The van der Waals surface area contributed by atoms with Gasteiger partial charge in [0, 0.05) is 24.2 Å². The molecule has 2 N–H and O–H groups in total. The lowest BCUT2D eigenvalue weighted by Gasteiger charge is -2.20. The van der Waals surface area contributed by atoms with Gasteiger partial charge < -0.3 is 14.4 Å². The van der Waals surface area contributed by atoms with Crippen LogP contribution in [0.3, 0.4) is 0 Å². The number of aromatic nitrogens is 4. The van der Waals surface area contributed by atoms with E-state index in [4.69, 9.17) is 4.74 Å². The Morgan fingerprint density at radius 2 is 2.00 bits per heavy atom. The van der Waals surface area contributed by atoms with Crippen LogP contribution < -0.4 is 10.1 Å². The third-order valence-electron chi connectivity index (χ3n) is 4.72. The molecule has 0 aliphatic carbocycles. The molecule has 0 saturated heterocycles. The van der Waals surface area contributed by atoms with E-state index in [0.29, 0.717) is 28.5 Å². The summed E-state index contributed by atoms with van der Waals surface area (Å²) in [5.41, 5.74) is 2.26. The summed E-state index contributed by atoms with van der Waals surface area (Å²) in [6, 6.07) is 12.6. The second-order valence-electron chi connectivity index (χ2n) is 7.78. The average molecular weight is 417 g/mol. The molecule has 0 atom stereocenters. The topological polar surface area (TPSA) is 102 Å². The van der Waals surface area contributed by atoms with E-state index >= 15 is 0 Å². The fourth-order valence-corrected chi connectivity index (χ4v) is 3.36. The quantitative estimate of drug-likeness (QED) is 0.498. The molecule has 0 aliphatic heterocycles. The van der Waals surface area contributed by atoms with E-state index in [9.17, 15) is 9.90 Å². The maximum atomic E-state index is 13.0. The maximum absolute atomic E-state index is 13.0. The number of rotatable bonds is 6. The first-order valence-electron chi connectivity index (χ1n) is 9.79. The molecule has 0 radical (unpaired) electrons. The zero-order valence-corrected chi connectivity index (χ0v) is 17.5. The molecule has 4 rings (SSSR count). The molecule has 0 fully saturated rings. The number of amides is 1. The molecule has 1 amide bonds. The highest BCUT2D eigenvalue weighted by molar-refractivity contribution is 6.04. The fourth-order valence-electron chi connectivity index (χ4n) is 3.36. The number of methoxy groups -OCH3 is 1. The van der Waals surface area contributed by atoms with Gasteiger partial charge in [-0.15, -0.1) is 0 Å². The van der Waals surface area contributed by atoms with Crippen LogP contribution in [0.5, 0.6) is 5.75 Å². The second-order valence-corrected chi connectivity index (χ2v) is 7.78. The Balaban J connectivity index is 1.68. The standard InChI is InChI=1S/C23H23N5O3/c1-23(2,30)14-28-19-7-5-4-6-17(19)26-22(28)27-21(29)15-8-11-25-18(12-15)16-13-24-10-9-20(16)31-3/h4-13,30H,14H2,1-3H3,(H,26,27,29). The van der Waals surface area contributed by atoms with E-state index in [-0.39, 0.29) is 12.5 Å². The molecule has 0 unspecified atom stereocenters. The lowest BCUT2D eigenvalue weighted by atomic mass is 10.1. The van der Waals surface area contributed by atoms with Crippen molar-refractivity contribution in [3.8, 4) is 17.0 Å². The van der Waals surface area contributed by atoms with E-state index in [1.54, 1.807) is 62.3 Å². The Morgan fingerprint density at radius 1 is 1.19 bits per heavy atom. The van der Waals surface area contributed by atoms with Crippen LogP contribution in [-0.2, 0) is 6.54 Å². The fraction of sp³-hybridized carbons (Fsp3) is 0.217. The molecule has 0 aliphatic rings. The monoisotopic (exact) mass is 417 g/mol. The van der Waals surface area contributed by atoms with Gasteiger partial charge in [0.25, 0.3) is 5.91 Å². The molecule has 8 nitrogen and oxygen atoms in total. The molecular weight excluding hydrogens is 394 g/mol. The zero-order valence-electron chi connectivity index (χ0n) is 17.5. The smallest absolute Gasteiger partial charge is 0.258 e. The van der Waals surface area contributed by atoms with Gasteiger partial charge in [0.1, 0.15) is 5.75 Å². The number of hydrogen-bond acceptors (Lipinski definition) is 6. The molecular formula is C23H23N5O3. The van der Waals surface area contributed by atoms with E-state index in [0.717, 1.165) is 11.0 Å². The summed E-state index contributed by atoms with van der Waals surface area (Å²) >= 11 is 0. The van der Waals surface area contributed by atoms with Gasteiger partial charge in [0.2, 0.25) is 5.95 Å². The van der Waals surface area contributed by atoms with Crippen molar-refractivity contribution in [1.29, 1.82) is 0 Å². The minimum Gasteiger partial charge on any atom is -0.496 e. The summed E-state index contributed by atoms with van der Waals surface area (Å²) in [6.45, 7) is 3.70. The van der Waals surface area contributed by atoms with Crippen LogP contribution in [0.4, 0.5) is 5.95 Å². The third-order valence-corrected chi connectivity index (χ3v) is 4.72. The number of hydrogen-bond donors (Lipinski definition) is 2. The number of nitrogens with one attached hydrogen (secondary N) is 1. The van der Waals surface area contributed by atoms with Crippen molar-refractivity contribution in [2.45, 2.75) is 26.0 Å². The van der Waals surface area contributed by atoms with Gasteiger partial charge in [-0.1, -0.05) is 12.1 Å². The Bertz CT molecular complexity index is 1240. The van der Waals surface area contributed by atoms with Crippen molar-refractivity contribution in [3.63, 3.8) is 0 Å². The van der Waals surface area contributed by atoms with Crippen LogP contribution in [0.2, 0.25) is 0 Å². The van der Waals surface area contributed by atoms with Gasteiger partial charge >= 0.3 is 0 Å². The first-order chi connectivity index (χ1) is 14.9. The molecule has 3 aromatic heterocycles. The molecule has 8 heteroatoms. The Labute approximate surface area is 179 Å². The van der Waals surface area contributed by atoms with Crippen LogP contribution >= 0.6 is 0 Å². The lowest BCUT2D eigenvalue weighted by molar-refractivity contribution is 0.0630. The number of imidazole rings is 1. The summed E-state index contributed by atoms with van der Waals surface area (Å²) in [7, 11) is 1.57. The van der Waals surface area contributed by atoms with Gasteiger partial charge in [0.15, 0.2) is 0 Å². The van der Waals surface area contributed by atoms with Crippen LogP contribution in [0.1, 0.15) is 24.2 Å². The summed E-state index contributed by atoms with van der Waals surface area (Å²) in [6.07, 6.45) is 4.84. The van der Waals surface area contributed by atoms with Crippen molar-refractivity contribution < 1.29 is 14.6 Å². The lowest BCUT2D eigenvalue weighted by Crippen LogP contribution is -2.27. The molecule has 158 valence electrons. The minimum atomic E-state index is -0.982. The normalized spacial score (nSPS) is 11.5. The number of ether oxygens (including phenoxy) is 1. The van der Waals surface area contributed by atoms with Gasteiger partial charge in [0.05, 0.1) is 41.5 Å². The predicted octanol–water partition coefficient (Wildman–Crippen LogP) is 3.53. The number of benzene rings is 1. The van der Waals surface area contributed by atoms with Crippen molar-refractivity contribution in [3.05, 3.63) is 66.6 Å². The Hall–Kier alpha value is -3.78. The summed E-state index contributed by atoms with van der Waals surface area (Å²) in [5, 5.41) is 13.2. The largest absolute Gasteiger partial charge is 0.496 e. The third kappa shape index (κ3) is 4.39. The maximum Gasteiger partial charge on any atom is 0.258 e. The highest BCUT2D eigenvalue weighted by Gasteiger charge is 2.21. The SMILES string of the molecule is COc1ccncc1-c1cc(C(=O)Nc2nc3ccccc3n2CC(C)(C)O)ccn1. The van der Waals surface area contributed by atoms with Gasteiger partial charge in [-0.05, 0) is 44.2 Å². The number of nitrogens with zero attached hydrogens (tertiary/aromatic N) is 4. The summed E-state index contributed by atoms with van der Waals surface area (Å²) < 4.78 is 7.18. The van der Waals surface area contributed by atoms with Crippen LogP contribution in [0, 0.1) is 0 Å². The van der Waals surface area contributed by atoms with E-state index in [2.05, 4.69) is 20.3 Å². The molecule has 31 heavy (non-hydrogen) atoms. The molecule has 3 heterocycles. The van der Waals surface area contributed by atoms with Crippen molar-refractivity contribution in [2.75, 3.05) is 12.4 Å². The van der Waals surface area contributed by atoms with Gasteiger partial charge in [-0.2, -0.15) is 0 Å². The second kappa shape index (κ2) is 8.16. The van der Waals surface area contributed by atoms with E-state index in [1.165, 1.54) is 0 Å². The van der Waals surface area contributed by atoms with Crippen molar-refractivity contribution in [1.82, 2.24) is 19.5 Å². The molecule has 0 bridgehead atoms. The number of aliphatic hydroxyl groups is 1. The predicted molar refractivity (Wildman–Crippen MR) is 118 cm³/mol. The highest BCUT2D eigenvalue weighted by Crippen LogP contribution is 2.28. The highest BCUT2D eigenvalue weighted by atomic mass is 16.5. The Kier molecular flexibility index (Phi) is 5.39. The van der Waals surface area contributed by atoms with Gasteiger partial charge in [-0.3, -0.25) is 20.1 Å². The number of para-hydroxylation sites is 2. The van der Waals surface area contributed by atoms with Crippen LogP contribution in [0.25, 0.3) is 22.3 Å². The summed E-state index contributed by atoms with van der Waals surface area (Å²) in [5.74, 6) is 0.650. The molecule has 0 spiro atoms. The van der Waals surface area contributed by atoms with Crippen molar-refractivity contribution in [2.24, 2.45) is 0 Å². The van der Waals surface area contributed by atoms with E-state index in [1.807, 2.05) is 24.3 Å². The molecule has 4 aromatic rings. The number of carbonyl (C=O) groups excluding carboxylic acids is 1. The molecule has 1 aromatic carbocycles. The summed E-state index contributed by atoms with van der Waals surface area (Å²) in [4.78, 5) is 26.1. The zero-order chi connectivity index (χ0) is 22.0.